The summed E-state index contributed by atoms with van der Waals surface area (Å²) >= 11 is 1.34. The number of rotatable bonds is 8. The Morgan fingerprint density at radius 1 is 1.04 bits per heavy atom. The van der Waals surface area contributed by atoms with Gasteiger partial charge in [-0.05, 0) is 55.5 Å². The van der Waals surface area contributed by atoms with Gasteiger partial charge in [0.1, 0.15) is 5.75 Å². The van der Waals surface area contributed by atoms with Crippen LogP contribution in [0.25, 0.3) is 0 Å². The molecule has 3 rings (SSSR count). The lowest BCUT2D eigenvalue weighted by Gasteiger charge is -2.30. The Bertz CT molecular complexity index is 733. The summed E-state index contributed by atoms with van der Waals surface area (Å²) < 4.78 is 11.5. The third-order valence-electron chi connectivity index (χ3n) is 5.42. The highest BCUT2D eigenvalue weighted by molar-refractivity contribution is 8.13. The van der Waals surface area contributed by atoms with Crippen molar-refractivity contribution in [2.75, 3.05) is 7.11 Å². The second kappa shape index (κ2) is 10.7. The molecule has 1 aliphatic rings. The van der Waals surface area contributed by atoms with Crippen molar-refractivity contribution in [2.45, 2.75) is 63.1 Å². The van der Waals surface area contributed by atoms with Gasteiger partial charge in [-0.2, -0.15) is 0 Å². The van der Waals surface area contributed by atoms with Gasteiger partial charge < -0.3 is 9.47 Å². The molecule has 0 aromatic heterocycles. The topological polar surface area (TPSA) is 35.5 Å². The predicted octanol–water partition coefficient (Wildman–Crippen LogP) is 6.18. The van der Waals surface area contributed by atoms with Crippen LogP contribution in [0.2, 0.25) is 0 Å². The first kappa shape index (κ1) is 20.9. The van der Waals surface area contributed by atoms with Gasteiger partial charge in [0.15, 0.2) is 5.12 Å². The van der Waals surface area contributed by atoms with Crippen LogP contribution in [0.5, 0.6) is 5.75 Å². The summed E-state index contributed by atoms with van der Waals surface area (Å²) in [6.45, 7) is 2.59. The molecule has 4 heteroatoms. The van der Waals surface area contributed by atoms with Crippen molar-refractivity contribution >= 4 is 16.9 Å². The Balaban J connectivity index is 1.60. The molecular weight excluding hydrogens is 368 g/mol. The minimum Gasteiger partial charge on any atom is -0.497 e. The molecule has 0 amide bonds. The van der Waals surface area contributed by atoms with Crippen molar-refractivity contribution in [3.05, 3.63) is 59.7 Å². The third kappa shape index (κ3) is 6.39. The van der Waals surface area contributed by atoms with Crippen LogP contribution in [-0.4, -0.2) is 18.3 Å². The van der Waals surface area contributed by atoms with Gasteiger partial charge in [0.2, 0.25) is 0 Å². The molecule has 1 fully saturated rings. The van der Waals surface area contributed by atoms with Gasteiger partial charge in [-0.25, -0.2) is 0 Å². The lowest BCUT2D eigenvalue weighted by atomic mass is 9.84. The number of hydrogen-bond acceptors (Lipinski definition) is 4. The molecule has 0 heterocycles. The van der Waals surface area contributed by atoms with E-state index < -0.39 is 0 Å². The molecule has 1 aliphatic carbocycles. The summed E-state index contributed by atoms with van der Waals surface area (Å²) in [4.78, 5) is 13.7. The summed E-state index contributed by atoms with van der Waals surface area (Å²) in [7, 11) is 1.67. The lowest BCUT2D eigenvalue weighted by Crippen LogP contribution is -2.28. The molecule has 2 aromatic carbocycles. The Labute approximate surface area is 172 Å². The van der Waals surface area contributed by atoms with E-state index in [9.17, 15) is 4.79 Å². The highest BCUT2D eigenvalue weighted by atomic mass is 32.2. The smallest absolute Gasteiger partial charge is 0.196 e. The van der Waals surface area contributed by atoms with Gasteiger partial charge in [-0.3, -0.25) is 4.79 Å². The molecule has 1 saturated carbocycles. The highest BCUT2D eigenvalue weighted by Crippen LogP contribution is 2.32. The van der Waals surface area contributed by atoms with Gasteiger partial charge >= 0.3 is 0 Å². The normalized spacial score (nSPS) is 15.9. The summed E-state index contributed by atoms with van der Waals surface area (Å²) in [5.74, 6) is 1.33. The summed E-state index contributed by atoms with van der Waals surface area (Å²) in [6, 6.07) is 16.1. The zero-order valence-corrected chi connectivity index (χ0v) is 17.7. The third-order valence-corrected chi connectivity index (χ3v) is 6.32. The van der Waals surface area contributed by atoms with Crippen molar-refractivity contribution in [1.82, 2.24) is 0 Å². The van der Waals surface area contributed by atoms with E-state index in [-0.39, 0.29) is 11.2 Å². The largest absolute Gasteiger partial charge is 0.497 e. The van der Waals surface area contributed by atoms with E-state index in [0.717, 1.165) is 29.1 Å². The maximum Gasteiger partial charge on any atom is 0.196 e. The first-order valence-electron chi connectivity index (χ1n) is 10.2. The van der Waals surface area contributed by atoms with Crippen LogP contribution >= 0.6 is 11.8 Å². The van der Waals surface area contributed by atoms with Crippen LogP contribution < -0.4 is 4.74 Å². The lowest BCUT2D eigenvalue weighted by molar-refractivity contribution is -0.115. The molecule has 0 saturated heterocycles. The van der Waals surface area contributed by atoms with Crippen molar-refractivity contribution in [3.8, 4) is 5.75 Å². The summed E-state index contributed by atoms with van der Waals surface area (Å²) in [5, 5.41) is 0.189. The quantitative estimate of drug-likeness (QED) is 0.498. The van der Waals surface area contributed by atoms with Crippen LogP contribution in [0, 0.1) is 12.8 Å². The molecule has 1 atom stereocenters. The van der Waals surface area contributed by atoms with Gasteiger partial charge in [-0.15, -0.1) is 0 Å². The van der Waals surface area contributed by atoms with E-state index in [0.29, 0.717) is 18.9 Å². The molecule has 28 heavy (non-hydrogen) atoms. The van der Waals surface area contributed by atoms with E-state index in [1.165, 1.54) is 36.6 Å². The van der Waals surface area contributed by atoms with Crippen molar-refractivity contribution in [2.24, 2.45) is 5.92 Å². The van der Waals surface area contributed by atoms with E-state index in [1.54, 1.807) is 7.11 Å². The van der Waals surface area contributed by atoms with Crippen molar-refractivity contribution in [1.29, 1.82) is 0 Å². The fourth-order valence-corrected chi connectivity index (χ4v) is 4.52. The first-order valence-corrected chi connectivity index (χ1v) is 11.0. The average Bonchev–Trinajstić information content (AvgIpc) is 2.74. The van der Waals surface area contributed by atoms with Gasteiger partial charge in [0.25, 0.3) is 0 Å². The molecule has 150 valence electrons. The summed E-state index contributed by atoms with van der Waals surface area (Å²) in [6.07, 6.45) is 6.57. The molecule has 1 unspecified atom stereocenters. The fourth-order valence-electron chi connectivity index (χ4n) is 3.74. The molecule has 0 spiro atoms. The zero-order valence-electron chi connectivity index (χ0n) is 16.9. The number of methoxy groups -OCH3 is 1. The minimum atomic E-state index is -0.00662. The maximum atomic E-state index is 12.7. The minimum absolute atomic E-state index is 0.00662. The maximum absolute atomic E-state index is 12.7. The second-order valence-electron chi connectivity index (χ2n) is 7.59. The number of thioether (sulfide) groups is 1. The Kier molecular flexibility index (Phi) is 7.99. The average molecular weight is 399 g/mol. The van der Waals surface area contributed by atoms with E-state index in [2.05, 4.69) is 19.1 Å². The monoisotopic (exact) mass is 398 g/mol. The number of carbonyl (C=O) groups is 1. The SMILES string of the molecule is COc1ccc(COC(CC(=O)Sc2ccc(C)cc2)C2CCCCC2)cc1. The Morgan fingerprint density at radius 3 is 2.36 bits per heavy atom. The van der Waals surface area contributed by atoms with Gasteiger partial charge in [0, 0.05) is 11.3 Å². The first-order chi connectivity index (χ1) is 13.6. The number of carbonyl (C=O) groups excluding carboxylic acids is 1. The van der Waals surface area contributed by atoms with E-state index in [4.69, 9.17) is 9.47 Å². The molecule has 0 N–H and O–H groups in total. The van der Waals surface area contributed by atoms with Gasteiger partial charge in [-0.1, -0.05) is 60.9 Å². The van der Waals surface area contributed by atoms with Crippen LogP contribution in [-0.2, 0) is 16.1 Å². The highest BCUT2D eigenvalue weighted by Gasteiger charge is 2.27. The number of hydrogen-bond donors (Lipinski definition) is 0. The summed E-state index contributed by atoms with van der Waals surface area (Å²) in [5.41, 5.74) is 2.32. The van der Waals surface area contributed by atoms with Crippen LogP contribution in [0.1, 0.15) is 49.7 Å². The van der Waals surface area contributed by atoms with Crippen LogP contribution in [0.15, 0.2) is 53.4 Å². The second-order valence-corrected chi connectivity index (χ2v) is 8.72. The molecule has 2 aromatic rings. The standard InChI is InChI=1S/C24H30O3S/c1-18-8-14-22(15-9-18)28-24(25)16-23(20-6-4-3-5-7-20)27-17-19-10-12-21(26-2)13-11-19/h8-15,20,23H,3-7,16-17H2,1-2H3. The number of aryl methyl sites for hydroxylation is 1. The number of ether oxygens (including phenoxy) is 2. The van der Waals surface area contributed by atoms with E-state index in [1.807, 2.05) is 36.4 Å². The molecular formula is C24H30O3S. The number of benzene rings is 2. The predicted molar refractivity (Wildman–Crippen MR) is 115 cm³/mol. The molecule has 0 aliphatic heterocycles. The molecule has 3 nitrogen and oxygen atoms in total. The zero-order chi connectivity index (χ0) is 19.8. The van der Waals surface area contributed by atoms with E-state index >= 15 is 0 Å². The fraction of sp³-hybridized carbons (Fsp3) is 0.458. The van der Waals surface area contributed by atoms with Crippen molar-refractivity contribution < 1.29 is 14.3 Å². The molecule has 0 radical (unpaired) electrons. The Hall–Kier alpha value is -1.78. The Morgan fingerprint density at radius 2 is 1.71 bits per heavy atom. The van der Waals surface area contributed by atoms with Crippen LogP contribution in [0.4, 0.5) is 0 Å². The molecule has 0 bridgehead atoms. The van der Waals surface area contributed by atoms with Crippen LogP contribution in [0.3, 0.4) is 0 Å². The van der Waals surface area contributed by atoms with Gasteiger partial charge in [0.05, 0.1) is 19.8 Å². The van der Waals surface area contributed by atoms with Crippen molar-refractivity contribution in [3.63, 3.8) is 0 Å².